The Morgan fingerprint density at radius 2 is 1.97 bits per heavy atom. The van der Waals surface area contributed by atoms with E-state index in [0.29, 0.717) is 32.0 Å². The van der Waals surface area contributed by atoms with Gasteiger partial charge in [0.25, 0.3) is 0 Å². The number of sulfonamides is 1. The molecule has 2 amide bonds. The molecule has 0 bridgehead atoms. The SMILES string of the molecule is C[C@H](NS(=O)(=O)c1ccccc1C(F)(F)F)C(=O)N1CCCC(CCC(N)=O)C1. The number of nitrogens with one attached hydrogen (secondary N) is 1. The van der Waals surface area contributed by atoms with Crippen molar-refractivity contribution in [3.8, 4) is 0 Å². The molecule has 0 aromatic heterocycles. The van der Waals surface area contributed by atoms with E-state index in [-0.39, 0.29) is 12.3 Å². The van der Waals surface area contributed by atoms with E-state index in [1.807, 2.05) is 0 Å². The first kappa shape index (κ1) is 23.1. The van der Waals surface area contributed by atoms with Gasteiger partial charge in [0.15, 0.2) is 0 Å². The molecule has 1 heterocycles. The highest BCUT2D eigenvalue weighted by molar-refractivity contribution is 7.89. The van der Waals surface area contributed by atoms with Gasteiger partial charge in [-0.25, -0.2) is 8.42 Å². The molecule has 3 N–H and O–H groups in total. The van der Waals surface area contributed by atoms with E-state index >= 15 is 0 Å². The average molecular weight is 435 g/mol. The molecule has 2 rings (SSSR count). The van der Waals surface area contributed by atoms with E-state index in [1.54, 1.807) is 0 Å². The first-order chi connectivity index (χ1) is 13.4. The fourth-order valence-electron chi connectivity index (χ4n) is 3.40. The predicted octanol–water partition coefficient (Wildman–Crippen LogP) is 1.88. The highest BCUT2D eigenvalue weighted by Gasteiger charge is 2.38. The van der Waals surface area contributed by atoms with Crippen LogP contribution in [0.15, 0.2) is 29.2 Å². The molecule has 29 heavy (non-hydrogen) atoms. The quantitative estimate of drug-likeness (QED) is 0.681. The number of benzene rings is 1. The fourth-order valence-corrected chi connectivity index (χ4v) is 4.83. The number of nitrogens with zero attached hydrogens (tertiary/aromatic N) is 1. The molecular weight excluding hydrogens is 411 g/mol. The van der Waals surface area contributed by atoms with E-state index in [1.165, 1.54) is 17.9 Å². The van der Waals surface area contributed by atoms with E-state index < -0.39 is 44.5 Å². The van der Waals surface area contributed by atoms with Gasteiger partial charge < -0.3 is 10.6 Å². The topological polar surface area (TPSA) is 110 Å². The van der Waals surface area contributed by atoms with Gasteiger partial charge in [0.1, 0.15) is 0 Å². The first-order valence-corrected chi connectivity index (χ1v) is 10.7. The van der Waals surface area contributed by atoms with Crippen LogP contribution in [0.3, 0.4) is 0 Å². The number of halogens is 3. The molecule has 1 unspecified atom stereocenters. The standard InChI is InChI=1S/C18H24F3N3O4S/c1-12(17(26)24-10-4-5-13(11-24)8-9-16(22)25)23-29(27,28)15-7-3-2-6-14(15)18(19,20)21/h2-3,6-7,12-13,23H,4-5,8-11H2,1H3,(H2,22,25)/t12-,13?/m0/s1. The molecule has 7 nitrogen and oxygen atoms in total. The molecule has 11 heteroatoms. The van der Waals surface area contributed by atoms with Gasteiger partial charge in [0.2, 0.25) is 21.8 Å². The number of piperidine rings is 1. The summed E-state index contributed by atoms with van der Waals surface area (Å²) < 4.78 is 66.5. The van der Waals surface area contributed by atoms with Crippen molar-refractivity contribution < 1.29 is 31.2 Å². The largest absolute Gasteiger partial charge is 0.417 e. The molecule has 0 saturated carbocycles. The summed E-state index contributed by atoms with van der Waals surface area (Å²) in [5.41, 5.74) is 3.85. The summed E-state index contributed by atoms with van der Waals surface area (Å²) in [7, 11) is -4.57. The van der Waals surface area contributed by atoms with Crippen molar-refractivity contribution >= 4 is 21.8 Å². The number of carbonyl (C=O) groups excluding carboxylic acids is 2. The molecule has 1 fully saturated rings. The smallest absolute Gasteiger partial charge is 0.370 e. The zero-order valence-electron chi connectivity index (χ0n) is 15.9. The fraction of sp³-hybridized carbons (Fsp3) is 0.556. The van der Waals surface area contributed by atoms with E-state index in [4.69, 9.17) is 5.73 Å². The van der Waals surface area contributed by atoms with Gasteiger partial charge >= 0.3 is 6.18 Å². The van der Waals surface area contributed by atoms with Gasteiger partial charge in [0.05, 0.1) is 16.5 Å². The third kappa shape index (κ3) is 6.17. The summed E-state index contributed by atoms with van der Waals surface area (Å²) in [6.07, 6.45) is -2.62. The number of hydrogen-bond acceptors (Lipinski definition) is 4. The van der Waals surface area contributed by atoms with Crippen molar-refractivity contribution in [1.82, 2.24) is 9.62 Å². The molecule has 2 atom stereocenters. The molecular formula is C18H24F3N3O4S. The average Bonchev–Trinajstić information content (AvgIpc) is 2.65. The van der Waals surface area contributed by atoms with Crippen molar-refractivity contribution in [3.63, 3.8) is 0 Å². The van der Waals surface area contributed by atoms with Crippen LogP contribution in [0.25, 0.3) is 0 Å². The predicted molar refractivity (Wildman–Crippen MR) is 99.0 cm³/mol. The van der Waals surface area contributed by atoms with E-state index in [2.05, 4.69) is 4.72 Å². The Balaban J connectivity index is 2.10. The first-order valence-electron chi connectivity index (χ1n) is 9.17. The van der Waals surface area contributed by atoms with E-state index in [0.717, 1.165) is 18.6 Å². The second-order valence-electron chi connectivity index (χ2n) is 7.13. The summed E-state index contributed by atoms with van der Waals surface area (Å²) in [5.74, 6) is -0.894. The van der Waals surface area contributed by atoms with Crippen molar-refractivity contribution in [2.75, 3.05) is 13.1 Å². The number of alkyl halides is 3. The van der Waals surface area contributed by atoms with Crippen LogP contribution in [0.5, 0.6) is 0 Å². The number of amides is 2. The molecule has 162 valence electrons. The molecule has 0 spiro atoms. The lowest BCUT2D eigenvalue weighted by atomic mass is 9.93. The molecule has 1 aromatic carbocycles. The molecule has 1 aliphatic heterocycles. The normalized spacial score (nSPS) is 19.0. The van der Waals surface area contributed by atoms with Crippen molar-refractivity contribution in [3.05, 3.63) is 29.8 Å². The van der Waals surface area contributed by atoms with Crippen molar-refractivity contribution in [2.24, 2.45) is 11.7 Å². The van der Waals surface area contributed by atoms with Gasteiger partial charge in [-0.2, -0.15) is 17.9 Å². The van der Waals surface area contributed by atoms with Crippen LogP contribution in [0.4, 0.5) is 13.2 Å². The van der Waals surface area contributed by atoms with Gasteiger partial charge in [-0.15, -0.1) is 0 Å². The summed E-state index contributed by atoms with van der Waals surface area (Å²) in [6.45, 7) is 2.05. The maximum atomic E-state index is 13.1. The number of likely N-dealkylation sites (tertiary alicyclic amines) is 1. The maximum absolute atomic E-state index is 13.1. The second kappa shape index (κ2) is 9.12. The molecule has 1 aliphatic rings. The van der Waals surface area contributed by atoms with Gasteiger partial charge in [-0.05, 0) is 44.2 Å². The second-order valence-corrected chi connectivity index (χ2v) is 8.82. The Morgan fingerprint density at radius 1 is 1.31 bits per heavy atom. The third-order valence-electron chi connectivity index (χ3n) is 4.81. The molecule has 1 saturated heterocycles. The minimum Gasteiger partial charge on any atom is -0.370 e. The minimum atomic E-state index is -4.85. The van der Waals surface area contributed by atoms with Crippen LogP contribution in [0.1, 0.15) is 38.2 Å². The zero-order chi connectivity index (χ0) is 21.8. The highest BCUT2D eigenvalue weighted by atomic mass is 32.2. The summed E-state index contributed by atoms with van der Waals surface area (Å²) in [4.78, 5) is 24.1. The number of carbonyl (C=O) groups is 2. The third-order valence-corrected chi connectivity index (χ3v) is 6.41. The van der Waals surface area contributed by atoms with Crippen LogP contribution < -0.4 is 10.5 Å². The highest BCUT2D eigenvalue weighted by Crippen LogP contribution is 2.34. The maximum Gasteiger partial charge on any atom is 0.417 e. The van der Waals surface area contributed by atoms with Crippen molar-refractivity contribution in [2.45, 2.75) is 49.7 Å². The number of hydrogen-bond donors (Lipinski definition) is 2. The van der Waals surface area contributed by atoms with Crippen molar-refractivity contribution in [1.29, 1.82) is 0 Å². The van der Waals surface area contributed by atoms with Crippen LogP contribution >= 0.6 is 0 Å². The van der Waals surface area contributed by atoms with E-state index in [9.17, 15) is 31.2 Å². The minimum absolute atomic E-state index is 0.0648. The number of rotatable bonds is 7. The number of nitrogens with two attached hydrogens (primary N) is 1. The molecule has 0 aliphatic carbocycles. The van der Waals surface area contributed by atoms with Crippen LogP contribution in [0, 0.1) is 5.92 Å². The lowest BCUT2D eigenvalue weighted by molar-refractivity contribution is -0.139. The monoisotopic (exact) mass is 435 g/mol. The van der Waals surface area contributed by atoms with Gasteiger partial charge in [-0.3, -0.25) is 9.59 Å². The summed E-state index contributed by atoms with van der Waals surface area (Å²) >= 11 is 0. The lowest BCUT2D eigenvalue weighted by Gasteiger charge is -2.34. The van der Waals surface area contributed by atoms with Crippen LogP contribution in [-0.4, -0.2) is 44.3 Å². The molecule has 0 radical (unpaired) electrons. The molecule has 1 aromatic rings. The number of primary amides is 1. The van der Waals surface area contributed by atoms with Gasteiger partial charge in [0, 0.05) is 19.5 Å². The Morgan fingerprint density at radius 3 is 2.59 bits per heavy atom. The zero-order valence-corrected chi connectivity index (χ0v) is 16.7. The summed E-state index contributed by atoms with van der Waals surface area (Å²) in [5, 5.41) is 0. The Hall–Kier alpha value is -2.14. The van der Waals surface area contributed by atoms with Crippen LogP contribution in [-0.2, 0) is 25.8 Å². The van der Waals surface area contributed by atoms with Gasteiger partial charge in [-0.1, -0.05) is 12.1 Å². The Kier molecular flexibility index (Phi) is 7.28. The summed E-state index contributed by atoms with van der Waals surface area (Å²) in [6, 6.07) is 2.56. The van der Waals surface area contributed by atoms with Crippen LogP contribution in [0.2, 0.25) is 0 Å². The Bertz CT molecular complexity index is 858. The Labute approximate surface area is 167 Å². The lowest BCUT2D eigenvalue weighted by Crippen LogP contribution is -2.50.